The van der Waals surface area contributed by atoms with Gasteiger partial charge >= 0.3 is 5.37 Å². The second kappa shape index (κ2) is 4.89. The number of allylic oxidation sites excluding steroid dienone is 1. The molecule has 0 saturated carbocycles. The van der Waals surface area contributed by atoms with Crippen LogP contribution in [0.4, 0.5) is 0 Å². The van der Waals surface area contributed by atoms with E-state index in [4.69, 9.17) is 0 Å². The maximum absolute atomic E-state index is 11.9. The Morgan fingerprint density at radius 3 is 2.31 bits per heavy atom. The fourth-order valence-electron chi connectivity index (χ4n) is 1.20. The van der Waals surface area contributed by atoms with Gasteiger partial charge in [-0.1, -0.05) is 24.3 Å². The predicted octanol–water partition coefficient (Wildman–Crippen LogP) is 1.64. The van der Waals surface area contributed by atoms with Gasteiger partial charge in [0.2, 0.25) is 0 Å². The average Bonchev–Trinajstić information content (AvgIpc) is 2.26. The van der Waals surface area contributed by atoms with Crippen LogP contribution in [0.2, 0.25) is 0 Å². The molecule has 6 heteroatoms. The highest BCUT2D eigenvalue weighted by Crippen LogP contribution is 2.17. The summed E-state index contributed by atoms with van der Waals surface area (Å²) < 4.78 is 23.7. The highest BCUT2D eigenvalue weighted by molar-refractivity contribution is 7.92. The van der Waals surface area contributed by atoms with Crippen LogP contribution in [0.25, 0.3) is 0 Å². The second-order valence-corrected chi connectivity index (χ2v) is 5.10. The zero-order valence-corrected chi connectivity index (χ0v) is 9.42. The third kappa shape index (κ3) is 2.46. The van der Waals surface area contributed by atoms with Crippen LogP contribution >= 0.6 is 0 Å². The van der Waals surface area contributed by atoms with Crippen molar-refractivity contribution < 1.29 is 13.3 Å². The fraction of sp³-hybridized carbons (Fsp3) is 0.200. The molecule has 1 atom stereocenters. The van der Waals surface area contributed by atoms with Gasteiger partial charge in [0, 0.05) is 11.0 Å². The Morgan fingerprint density at radius 2 is 1.88 bits per heavy atom. The van der Waals surface area contributed by atoms with Crippen LogP contribution in [0.5, 0.6) is 0 Å². The smallest absolute Gasteiger partial charge is 0.263 e. The molecule has 0 bridgehead atoms. The topological polar surface area (TPSA) is 77.3 Å². The van der Waals surface area contributed by atoms with Gasteiger partial charge in [-0.3, -0.25) is 10.1 Å². The van der Waals surface area contributed by atoms with Crippen LogP contribution in [0.1, 0.15) is 6.92 Å². The molecule has 16 heavy (non-hydrogen) atoms. The Labute approximate surface area is 93.5 Å². The molecule has 0 spiro atoms. The van der Waals surface area contributed by atoms with E-state index in [1.54, 1.807) is 6.07 Å². The lowest BCUT2D eigenvalue weighted by molar-refractivity contribution is -0.485. The first-order valence-corrected chi connectivity index (χ1v) is 6.10. The largest absolute Gasteiger partial charge is 0.332 e. The summed E-state index contributed by atoms with van der Waals surface area (Å²) in [5.41, 5.74) is 0. The van der Waals surface area contributed by atoms with Crippen molar-refractivity contribution >= 4 is 9.84 Å². The van der Waals surface area contributed by atoms with Gasteiger partial charge in [-0.2, -0.15) is 0 Å². The number of hydrogen-bond acceptors (Lipinski definition) is 4. The van der Waals surface area contributed by atoms with Crippen LogP contribution in [-0.2, 0) is 9.84 Å². The summed E-state index contributed by atoms with van der Waals surface area (Å²) in [4.78, 5) is 9.82. The summed E-state index contributed by atoms with van der Waals surface area (Å²) in [6, 6.07) is 7.39. The first-order chi connectivity index (χ1) is 7.50. The molecule has 5 nitrogen and oxygen atoms in total. The van der Waals surface area contributed by atoms with Gasteiger partial charge in [0.25, 0.3) is 9.84 Å². The van der Waals surface area contributed by atoms with Crippen molar-refractivity contribution in [3.05, 3.63) is 52.6 Å². The normalized spacial score (nSPS) is 13.8. The zero-order chi connectivity index (χ0) is 12.2. The molecule has 0 amide bonds. The van der Waals surface area contributed by atoms with E-state index in [-0.39, 0.29) is 4.90 Å². The molecule has 0 aliphatic carbocycles. The van der Waals surface area contributed by atoms with Gasteiger partial charge in [-0.15, -0.1) is 0 Å². The summed E-state index contributed by atoms with van der Waals surface area (Å²) in [7, 11) is -3.95. The molecular formula is C10H11NO4S. The van der Waals surface area contributed by atoms with Gasteiger partial charge in [0.05, 0.1) is 4.90 Å². The number of benzene rings is 1. The van der Waals surface area contributed by atoms with E-state index in [9.17, 15) is 18.5 Å². The minimum absolute atomic E-state index is 0.0465. The highest BCUT2D eigenvalue weighted by Gasteiger charge is 2.34. The van der Waals surface area contributed by atoms with Crippen molar-refractivity contribution in [1.82, 2.24) is 0 Å². The zero-order valence-electron chi connectivity index (χ0n) is 8.61. The molecule has 0 aliphatic heterocycles. The van der Waals surface area contributed by atoms with Crippen molar-refractivity contribution in [2.75, 3.05) is 0 Å². The number of nitrogens with zero attached hydrogens (tertiary/aromatic N) is 1. The summed E-state index contributed by atoms with van der Waals surface area (Å²) in [6.07, 6.45) is 2.41. The molecule has 0 aromatic heterocycles. The molecule has 0 saturated heterocycles. The lowest BCUT2D eigenvalue weighted by atomic mass is 10.4. The molecule has 0 heterocycles. The van der Waals surface area contributed by atoms with Crippen LogP contribution in [0.3, 0.4) is 0 Å². The highest BCUT2D eigenvalue weighted by atomic mass is 32.2. The lowest BCUT2D eigenvalue weighted by Crippen LogP contribution is -2.27. The van der Waals surface area contributed by atoms with Gasteiger partial charge < -0.3 is 0 Å². The third-order valence-electron chi connectivity index (χ3n) is 1.95. The van der Waals surface area contributed by atoms with Gasteiger partial charge in [-0.25, -0.2) is 8.42 Å². The Bertz CT molecular complexity index is 493. The van der Waals surface area contributed by atoms with E-state index < -0.39 is 20.1 Å². The Hall–Kier alpha value is -1.69. The summed E-state index contributed by atoms with van der Waals surface area (Å²) >= 11 is 0. The van der Waals surface area contributed by atoms with Crippen LogP contribution in [0.15, 0.2) is 47.4 Å². The van der Waals surface area contributed by atoms with E-state index >= 15 is 0 Å². The summed E-state index contributed by atoms with van der Waals surface area (Å²) in [5, 5.41) is 8.96. The van der Waals surface area contributed by atoms with E-state index in [0.29, 0.717) is 0 Å². The second-order valence-electron chi connectivity index (χ2n) is 3.06. The molecule has 0 aliphatic rings. The van der Waals surface area contributed by atoms with Crippen molar-refractivity contribution in [2.45, 2.75) is 17.2 Å². The minimum atomic E-state index is -3.95. The first kappa shape index (κ1) is 12.4. The van der Waals surface area contributed by atoms with E-state index in [2.05, 4.69) is 0 Å². The Kier molecular flexibility index (Phi) is 3.78. The summed E-state index contributed by atoms with van der Waals surface area (Å²) in [6.45, 7) is 1.54. The molecular weight excluding hydrogens is 230 g/mol. The molecule has 86 valence electrons. The lowest BCUT2D eigenvalue weighted by Gasteiger charge is -2.06. The Morgan fingerprint density at radius 1 is 1.31 bits per heavy atom. The average molecular weight is 241 g/mol. The molecule has 0 fully saturated rings. The van der Waals surface area contributed by atoms with E-state index in [1.807, 2.05) is 0 Å². The Balaban J connectivity index is 3.24. The fourth-order valence-corrected chi connectivity index (χ4v) is 2.61. The number of hydrogen-bond donors (Lipinski definition) is 0. The van der Waals surface area contributed by atoms with Gasteiger partial charge in [0.1, 0.15) is 0 Å². The maximum atomic E-state index is 11.9. The van der Waals surface area contributed by atoms with Crippen molar-refractivity contribution in [1.29, 1.82) is 0 Å². The molecule has 0 N–H and O–H groups in total. The minimum Gasteiger partial charge on any atom is -0.263 e. The monoisotopic (exact) mass is 241 g/mol. The van der Waals surface area contributed by atoms with Gasteiger partial charge in [0.15, 0.2) is 0 Å². The summed E-state index contributed by atoms with van der Waals surface area (Å²) in [5.74, 6) is 0. The molecule has 1 rings (SSSR count). The predicted molar refractivity (Wildman–Crippen MR) is 59.2 cm³/mol. The quantitative estimate of drug-likeness (QED) is 0.456. The number of sulfone groups is 1. The third-order valence-corrected chi connectivity index (χ3v) is 3.85. The van der Waals surface area contributed by atoms with E-state index in [0.717, 1.165) is 6.08 Å². The number of rotatable bonds is 4. The molecule has 0 radical (unpaired) electrons. The molecule has 1 aromatic carbocycles. The van der Waals surface area contributed by atoms with E-state index in [1.165, 1.54) is 37.3 Å². The molecule has 1 unspecified atom stereocenters. The van der Waals surface area contributed by atoms with Crippen molar-refractivity contribution in [2.24, 2.45) is 0 Å². The van der Waals surface area contributed by atoms with Crippen LogP contribution in [-0.4, -0.2) is 18.7 Å². The maximum Gasteiger partial charge on any atom is 0.332 e. The van der Waals surface area contributed by atoms with Gasteiger partial charge in [-0.05, 0) is 19.1 Å². The SMILES string of the molecule is C/C=C/C([N+](=O)[O-])S(=O)(=O)c1ccccc1. The standard InChI is InChI=1S/C10H11NO4S/c1-2-6-10(11(12)13)16(14,15)9-7-4-3-5-8-9/h2-8,10H,1H3/b6-2+. The van der Waals surface area contributed by atoms with Crippen LogP contribution < -0.4 is 0 Å². The number of nitro groups is 1. The van der Waals surface area contributed by atoms with Crippen molar-refractivity contribution in [3.8, 4) is 0 Å². The van der Waals surface area contributed by atoms with Crippen molar-refractivity contribution in [3.63, 3.8) is 0 Å². The van der Waals surface area contributed by atoms with Crippen LogP contribution in [0, 0.1) is 10.1 Å². The molecule has 1 aromatic rings. The first-order valence-electron chi connectivity index (χ1n) is 4.55.